The summed E-state index contributed by atoms with van der Waals surface area (Å²) in [5.74, 6) is 0.365. The first kappa shape index (κ1) is 14.0. The van der Waals surface area contributed by atoms with Crippen molar-refractivity contribution < 1.29 is 0 Å². The van der Waals surface area contributed by atoms with Gasteiger partial charge in [0.1, 0.15) is 0 Å². The van der Waals surface area contributed by atoms with Crippen LogP contribution in [0, 0.1) is 5.92 Å². The lowest BCUT2D eigenvalue weighted by Gasteiger charge is -2.41. The smallest absolute Gasteiger partial charge is 0.0885 e. The Labute approximate surface area is 127 Å². The minimum Gasteiger partial charge on any atom is -0.299 e. The fourth-order valence-corrected chi connectivity index (χ4v) is 3.31. The summed E-state index contributed by atoms with van der Waals surface area (Å²) in [4.78, 5) is 7.50. The number of hydrogen-bond acceptors (Lipinski definition) is 2. The Morgan fingerprint density at radius 3 is 2.81 bits per heavy atom. The second-order valence-electron chi connectivity index (χ2n) is 5.83. The normalized spacial score (nSPS) is 28.6. The Morgan fingerprint density at radius 1 is 1.29 bits per heavy atom. The van der Waals surface area contributed by atoms with Gasteiger partial charge in [-0.15, -0.1) is 13.2 Å². The number of likely N-dealkylation sites (tertiary alicyclic amines) is 1. The molecule has 0 amide bonds. The minimum atomic E-state index is -0.0927. The summed E-state index contributed by atoms with van der Waals surface area (Å²) in [5.41, 5.74) is 2.20. The van der Waals surface area contributed by atoms with E-state index in [1.165, 1.54) is 5.56 Å². The Morgan fingerprint density at radius 2 is 2.10 bits per heavy atom. The van der Waals surface area contributed by atoms with E-state index in [2.05, 4.69) is 60.6 Å². The molecule has 2 heteroatoms. The molecular weight excluding hydrogens is 256 g/mol. The van der Waals surface area contributed by atoms with Gasteiger partial charge < -0.3 is 0 Å². The second kappa shape index (κ2) is 5.82. The zero-order valence-electron chi connectivity index (χ0n) is 12.4. The van der Waals surface area contributed by atoms with Crippen molar-refractivity contribution in [3.63, 3.8) is 0 Å². The quantitative estimate of drug-likeness (QED) is 0.770. The van der Waals surface area contributed by atoms with Crippen LogP contribution < -0.4 is 0 Å². The third-order valence-electron chi connectivity index (χ3n) is 4.53. The number of aliphatic imine (C=N–C) groups is 1. The van der Waals surface area contributed by atoms with Gasteiger partial charge in [-0.3, -0.25) is 9.89 Å². The monoisotopic (exact) mass is 278 g/mol. The second-order valence-corrected chi connectivity index (χ2v) is 5.83. The highest BCUT2D eigenvalue weighted by Gasteiger charge is 2.41. The van der Waals surface area contributed by atoms with Gasteiger partial charge in [-0.1, -0.05) is 48.6 Å². The lowest BCUT2D eigenvalue weighted by Crippen LogP contribution is -2.48. The molecule has 2 aliphatic rings. The van der Waals surface area contributed by atoms with Crippen LogP contribution in [0.3, 0.4) is 0 Å². The Hall–Kier alpha value is -1.93. The Balaban J connectivity index is 1.85. The zero-order chi connectivity index (χ0) is 14.7. The maximum Gasteiger partial charge on any atom is 0.0885 e. The highest BCUT2D eigenvalue weighted by Crippen LogP contribution is 2.37. The third-order valence-corrected chi connectivity index (χ3v) is 4.53. The molecule has 1 saturated heterocycles. The van der Waals surface area contributed by atoms with E-state index in [4.69, 9.17) is 4.99 Å². The lowest BCUT2D eigenvalue weighted by molar-refractivity contribution is 0.162. The molecule has 0 radical (unpaired) electrons. The number of benzene rings is 1. The van der Waals surface area contributed by atoms with E-state index in [-0.39, 0.29) is 5.54 Å². The molecule has 0 saturated carbocycles. The van der Waals surface area contributed by atoms with E-state index in [1.54, 1.807) is 0 Å². The summed E-state index contributed by atoms with van der Waals surface area (Å²) in [6.07, 6.45) is 9.55. The van der Waals surface area contributed by atoms with E-state index in [0.717, 1.165) is 31.8 Å². The number of allylic oxidation sites excluding steroid dienone is 1. The molecule has 21 heavy (non-hydrogen) atoms. The van der Waals surface area contributed by atoms with Crippen molar-refractivity contribution in [2.24, 2.45) is 10.9 Å². The number of hydrogen-bond donors (Lipinski definition) is 0. The van der Waals surface area contributed by atoms with E-state index >= 15 is 0 Å². The molecule has 0 aromatic heterocycles. The summed E-state index contributed by atoms with van der Waals surface area (Å²) >= 11 is 0. The molecule has 0 bridgehead atoms. The van der Waals surface area contributed by atoms with Gasteiger partial charge in [0.2, 0.25) is 0 Å². The van der Waals surface area contributed by atoms with Crippen LogP contribution in [-0.2, 0) is 0 Å². The first-order valence-electron chi connectivity index (χ1n) is 7.58. The Kier molecular flexibility index (Phi) is 3.89. The van der Waals surface area contributed by atoms with Crippen LogP contribution in [-0.4, -0.2) is 35.8 Å². The summed E-state index contributed by atoms with van der Waals surface area (Å²) < 4.78 is 0. The summed E-state index contributed by atoms with van der Waals surface area (Å²) in [6, 6.07) is 10.4. The SMILES string of the molecule is C=CCN1CC[C@@]2(C=CC(c3ccccc3)=N2)[C@@H](C=C)C1. The van der Waals surface area contributed by atoms with E-state index in [1.807, 2.05) is 12.1 Å². The molecule has 1 aromatic carbocycles. The molecule has 0 unspecified atom stereocenters. The molecule has 108 valence electrons. The van der Waals surface area contributed by atoms with E-state index in [0.29, 0.717) is 5.92 Å². The summed E-state index contributed by atoms with van der Waals surface area (Å²) in [5, 5.41) is 0. The fraction of sp³-hybridized carbons (Fsp3) is 0.316. The predicted octanol–water partition coefficient (Wildman–Crippen LogP) is 3.48. The van der Waals surface area contributed by atoms with Crippen LogP contribution in [0.1, 0.15) is 12.0 Å². The van der Waals surface area contributed by atoms with Crippen molar-refractivity contribution in [1.82, 2.24) is 4.90 Å². The van der Waals surface area contributed by atoms with Crippen molar-refractivity contribution >= 4 is 5.71 Å². The molecule has 1 fully saturated rings. The van der Waals surface area contributed by atoms with E-state index in [9.17, 15) is 0 Å². The third kappa shape index (κ3) is 2.64. The van der Waals surface area contributed by atoms with Gasteiger partial charge in [0.05, 0.1) is 11.3 Å². The molecule has 2 nitrogen and oxygen atoms in total. The largest absolute Gasteiger partial charge is 0.299 e. The van der Waals surface area contributed by atoms with Gasteiger partial charge in [0.25, 0.3) is 0 Å². The van der Waals surface area contributed by atoms with Gasteiger partial charge in [-0.05, 0) is 18.1 Å². The molecular formula is C19H22N2. The maximum atomic E-state index is 5.08. The van der Waals surface area contributed by atoms with Crippen LogP contribution in [0.25, 0.3) is 0 Å². The highest BCUT2D eigenvalue weighted by molar-refractivity contribution is 6.10. The molecule has 0 N–H and O–H groups in total. The van der Waals surface area contributed by atoms with Crippen molar-refractivity contribution in [3.05, 3.63) is 73.4 Å². The van der Waals surface area contributed by atoms with Gasteiger partial charge in [0.15, 0.2) is 0 Å². The summed E-state index contributed by atoms with van der Waals surface area (Å²) in [6.45, 7) is 10.9. The van der Waals surface area contributed by atoms with Crippen LogP contribution in [0.2, 0.25) is 0 Å². The van der Waals surface area contributed by atoms with Crippen molar-refractivity contribution in [1.29, 1.82) is 0 Å². The number of nitrogens with zero attached hydrogens (tertiary/aromatic N) is 2. The predicted molar refractivity (Wildman–Crippen MR) is 89.8 cm³/mol. The van der Waals surface area contributed by atoms with Crippen molar-refractivity contribution in [3.8, 4) is 0 Å². The highest BCUT2D eigenvalue weighted by atomic mass is 15.1. The Bertz CT molecular complexity index is 585. The van der Waals surface area contributed by atoms with Gasteiger partial charge in [-0.25, -0.2) is 0 Å². The standard InChI is InChI=1S/C19H22N2/c1-3-13-21-14-12-19(17(4-2)15-21)11-10-18(20-19)16-8-6-5-7-9-16/h3-11,17H,1-2,12-15H2/t17-,19-/m0/s1. The lowest BCUT2D eigenvalue weighted by atomic mass is 9.78. The van der Waals surface area contributed by atoms with Crippen LogP contribution in [0.15, 0.2) is 72.8 Å². The van der Waals surface area contributed by atoms with Gasteiger partial charge in [0, 0.05) is 25.6 Å². The van der Waals surface area contributed by atoms with Crippen molar-refractivity contribution in [2.45, 2.75) is 12.0 Å². The average Bonchev–Trinajstić information content (AvgIpc) is 2.95. The van der Waals surface area contributed by atoms with Gasteiger partial charge >= 0.3 is 0 Å². The minimum absolute atomic E-state index is 0.0927. The first-order valence-corrected chi connectivity index (χ1v) is 7.58. The summed E-state index contributed by atoms with van der Waals surface area (Å²) in [7, 11) is 0. The van der Waals surface area contributed by atoms with Crippen LogP contribution in [0.4, 0.5) is 0 Å². The zero-order valence-corrected chi connectivity index (χ0v) is 12.4. The topological polar surface area (TPSA) is 15.6 Å². The van der Waals surface area contributed by atoms with Gasteiger partial charge in [-0.2, -0.15) is 0 Å². The molecule has 2 heterocycles. The van der Waals surface area contributed by atoms with Crippen molar-refractivity contribution in [2.75, 3.05) is 19.6 Å². The molecule has 3 rings (SSSR count). The molecule has 1 aromatic rings. The average molecular weight is 278 g/mol. The molecule has 0 aliphatic carbocycles. The molecule has 1 spiro atoms. The number of piperidine rings is 1. The maximum absolute atomic E-state index is 5.08. The first-order chi connectivity index (χ1) is 10.3. The number of rotatable bonds is 4. The van der Waals surface area contributed by atoms with Crippen LogP contribution in [0.5, 0.6) is 0 Å². The molecule has 2 atom stereocenters. The van der Waals surface area contributed by atoms with Crippen LogP contribution >= 0.6 is 0 Å². The fourth-order valence-electron chi connectivity index (χ4n) is 3.31. The van der Waals surface area contributed by atoms with E-state index < -0.39 is 0 Å². The molecule has 2 aliphatic heterocycles.